The highest BCUT2D eigenvalue weighted by atomic mass is 16.5. The lowest BCUT2D eigenvalue weighted by Gasteiger charge is -2.05. The van der Waals surface area contributed by atoms with Gasteiger partial charge >= 0.3 is 5.97 Å². The Labute approximate surface area is 77.3 Å². The molecule has 0 radical (unpaired) electrons. The van der Waals surface area contributed by atoms with Gasteiger partial charge in [0.1, 0.15) is 0 Å². The van der Waals surface area contributed by atoms with E-state index >= 15 is 0 Å². The van der Waals surface area contributed by atoms with Gasteiger partial charge in [-0.2, -0.15) is 0 Å². The number of hydrogen-bond acceptors (Lipinski definition) is 3. The highest BCUT2D eigenvalue weighted by Gasteiger charge is 2.07. The van der Waals surface area contributed by atoms with E-state index in [2.05, 4.69) is 9.97 Å². The molecule has 0 aliphatic heterocycles. The number of rotatable bonds is 4. The molecule has 0 fully saturated rings. The summed E-state index contributed by atoms with van der Waals surface area (Å²) in [4.78, 5) is 17.8. The summed E-state index contributed by atoms with van der Waals surface area (Å²) < 4.78 is 4.99. The second-order valence-corrected chi connectivity index (χ2v) is 3.15. The lowest BCUT2D eigenvalue weighted by Crippen LogP contribution is -2.13. The first-order valence-electron chi connectivity index (χ1n) is 4.34. The number of carbonyl (C=O) groups excluding carboxylic acids is 1. The van der Waals surface area contributed by atoms with Crippen molar-refractivity contribution in [2.24, 2.45) is 5.92 Å². The SMILES string of the molecule is CC(C)C(=O)OCCc1cnc[nH]1. The number of ether oxygens (including phenoxy) is 1. The maximum absolute atomic E-state index is 11.0. The van der Waals surface area contributed by atoms with Crippen LogP contribution in [0.2, 0.25) is 0 Å². The second kappa shape index (κ2) is 4.64. The summed E-state index contributed by atoms with van der Waals surface area (Å²) in [5, 5.41) is 0. The molecular formula is C9H14N2O2. The average molecular weight is 182 g/mol. The summed E-state index contributed by atoms with van der Waals surface area (Å²) in [7, 11) is 0. The molecule has 0 saturated heterocycles. The molecule has 0 atom stereocenters. The third kappa shape index (κ3) is 3.27. The molecule has 0 aliphatic rings. The number of nitrogens with one attached hydrogen (secondary N) is 1. The number of esters is 1. The van der Waals surface area contributed by atoms with E-state index in [1.54, 1.807) is 12.5 Å². The molecule has 0 unspecified atom stereocenters. The van der Waals surface area contributed by atoms with Crippen LogP contribution in [0.4, 0.5) is 0 Å². The Bertz CT molecular complexity index is 255. The van der Waals surface area contributed by atoms with Crippen molar-refractivity contribution >= 4 is 5.97 Å². The van der Waals surface area contributed by atoms with Gasteiger partial charge in [0.15, 0.2) is 0 Å². The molecule has 0 spiro atoms. The summed E-state index contributed by atoms with van der Waals surface area (Å²) in [5.41, 5.74) is 0.983. The highest BCUT2D eigenvalue weighted by molar-refractivity contribution is 5.71. The molecule has 0 bridgehead atoms. The van der Waals surface area contributed by atoms with Gasteiger partial charge in [0.2, 0.25) is 0 Å². The van der Waals surface area contributed by atoms with Crippen LogP contribution in [0.5, 0.6) is 0 Å². The Morgan fingerprint density at radius 3 is 3.00 bits per heavy atom. The van der Waals surface area contributed by atoms with Gasteiger partial charge in [-0.15, -0.1) is 0 Å². The second-order valence-electron chi connectivity index (χ2n) is 3.15. The average Bonchev–Trinajstić information content (AvgIpc) is 2.56. The van der Waals surface area contributed by atoms with Gasteiger partial charge in [0.25, 0.3) is 0 Å². The van der Waals surface area contributed by atoms with Gasteiger partial charge in [-0.3, -0.25) is 4.79 Å². The van der Waals surface area contributed by atoms with Crippen molar-refractivity contribution < 1.29 is 9.53 Å². The fraction of sp³-hybridized carbons (Fsp3) is 0.556. The molecule has 1 aromatic rings. The summed E-state index contributed by atoms with van der Waals surface area (Å²) in [6, 6.07) is 0. The largest absolute Gasteiger partial charge is 0.465 e. The molecule has 1 N–H and O–H groups in total. The summed E-state index contributed by atoms with van der Waals surface area (Å²) >= 11 is 0. The maximum atomic E-state index is 11.0. The highest BCUT2D eigenvalue weighted by Crippen LogP contribution is 1.98. The maximum Gasteiger partial charge on any atom is 0.308 e. The van der Waals surface area contributed by atoms with Crippen LogP contribution in [0.1, 0.15) is 19.5 Å². The quantitative estimate of drug-likeness (QED) is 0.711. The van der Waals surface area contributed by atoms with Crippen molar-refractivity contribution in [1.29, 1.82) is 0 Å². The molecule has 0 saturated carbocycles. The number of aromatic amines is 1. The lowest BCUT2D eigenvalue weighted by molar-refractivity contribution is -0.147. The van der Waals surface area contributed by atoms with Crippen molar-refractivity contribution in [3.8, 4) is 0 Å². The third-order valence-corrected chi connectivity index (χ3v) is 1.64. The third-order valence-electron chi connectivity index (χ3n) is 1.64. The van der Waals surface area contributed by atoms with E-state index < -0.39 is 0 Å². The van der Waals surface area contributed by atoms with Gasteiger partial charge in [-0.1, -0.05) is 13.8 Å². The van der Waals surface area contributed by atoms with Crippen molar-refractivity contribution in [2.45, 2.75) is 20.3 Å². The van der Waals surface area contributed by atoms with Gasteiger partial charge in [0.05, 0.1) is 18.9 Å². The Morgan fingerprint density at radius 1 is 1.69 bits per heavy atom. The van der Waals surface area contributed by atoms with E-state index in [0.29, 0.717) is 13.0 Å². The Balaban J connectivity index is 2.18. The first-order chi connectivity index (χ1) is 6.20. The minimum atomic E-state index is -0.153. The van der Waals surface area contributed by atoms with Crippen LogP contribution >= 0.6 is 0 Å². The Kier molecular flexibility index (Phi) is 3.49. The zero-order valence-corrected chi connectivity index (χ0v) is 7.91. The van der Waals surface area contributed by atoms with Crippen LogP contribution in [-0.2, 0) is 16.0 Å². The standard InChI is InChI=1S/C9H14N2O2/c1-7(2)9(12)13-4-3-8-5-10-6-11-8/h5-7H,3-4H2,1-2H3,(H,10,11). The zero-order valence-electron chi connectivity index (χ0n) is 7.91. The molecule has 4 nitrogen and oxygen atoms in total. The van der Waals surface area contributed by atoms with Gasteiger partial charge in [-0.25, -0.2) is 4.98 Å². The van der Waals surface area contributed by atoms with Gasteiger partial charge < -0.3 is 9.72 Å². The fourth-order valence-corrected chi connectivity index (χ4v) is 0.850. The molecular weight excluding hydrogens is 168 g/mol. The summed E-state index contributed by atoms with van der Waals surface area (Å²) in [5.74, 6) is -0.207. The van der Waals surface area contributed by atoms with Gasteiger partial charge in [-0.05, 0) is 0 Å². The number of aromatic nitrogens is 2. The number of H-pyrrole nitrogens is 1. The Morgan fingerprint density at radius 2 is 2.46 bits per heavy atom. The van der Waals surface area contributed by atoms with Crippen molar-refractivity contribution in [3.05, 3.63) is 18.2 Å². The smallest absolute Gasteiger partial charge is 0.308 e. The van der Waals surface area contributed by atoms with E-state index in [0.717, 1.165) is 5.69 Å². The molecule has 4 heteroatoms. The number of imidazole rings is 1. The lowest BCUT2D eigenvalue weighted by atomic mass is 10.2. The minimum absolute atomic E-state index is 0.0539. The topological polar surface area (TPSA) is 55.0 Å². The van der Waals surface area contributed by atoms with E-state index in [1.165, 1.54) is 0 Å². The monoisotopic (exact) mass is 182 g/mol. The van der Waals surface area contributed by atoms with E-state index in [9.17, 15) is 4.79 Å². The first-order valence-corrected chi connectivity index (χ1v) is 4.34. The molecule has 13 heavy (non-hydrogen) atoms. The molecule has 0 amide bonds. The van der Waals surface area contributed by atoms with Crippen molar-refractivity contribution in [2.75, 3.05) is 6.61 Å². The molecule has 72 valence electrons. The van der Waals surface area contributed by atoms with E-state index in [-0.39, 0.29) is 11.9 Å². The van der Waals surface area contributed by atoms with Crippen molar-refractivity contribution in [1.82, 2.24) is 9.97 Å². The number of carbonyl (C=O) groups is 1. The van der Waals surface area contributed by atoms with E-state index in [4.69, 9.17) is 4.74 Å². The van der Waals surface area contributed by atoms with Gasteiger partial charge in [0, 0.05) is 18.3 Å². The van der Waals surface area contributed by atoms with Crippen molar-refractivity contribution in [3.63, 3.8) is 0 Å². The van der Waals surface area contributed by atoms with Crippen LogP contribution in [0, 0.1) is 5.92 Å². The summed E-state index contributed by atoms with van der Waals surface area (Å²) in [6.45, 7) is 4.05. The zero-order chi connectivity index (χ0) is 9.68. The van der Waals surface area contributed by atoms with Crippen LogP contribution in [0.15, 0.2) is 12.5 Å². The normalized spacial score (nSPS) is 10.4. The number of hydrogen-bond donors (Lipinski definition) is 1. The predicted molar refractivity (Wildman–Crippen MR) is 48.1 cm³/mol. The molecule has 1 aromatic heterocycles. The van der Waals surface area contributed by atoms with E-state index in [1.807, 2.05) is 13.8 Å². The Hall–Kier alpha value is -1.32. The van der Waals surface area contributed by atoms with Crippen LogP contribution in [-0.4, -0.2) is 22.5 Å². The first kappa shape index (κ1) is 9.77. The molecule has 0 aliphatic carbocycles. The van der Waals surface area contributed by atoms with Crippen LogP contribution in [0.25, 0.3) is 0 Å². The summed E-state index contributed by atoms with van der Waals surface area (Å²) in [6.07, 6.45) is 4.03. The fourth-order valence-electron chi connectivity index (χ4n) is 0.850. The van der Waals surface area contributed by atoms with Crippen LogP contribution < -0.4 is 0 Å². The molecule has 0 aromatic carbocycles. The number of nitrogens with zero attached hydrogens (tertiary/aromatic N) is 1. The minimum Gasteiger partial charge on any atom is -0.465 e. The predicted octanol–water partition coefficient (Wildman–Crippen LogP) is 1.15. The molecule has 1 rings (SSSR count). The van der Waals surface area contributed by atoms with Crippen LogP contribution in [0.3, 0.4) is 0 Å². The molecule has 1 heterocycles.